The second-order valence-corrected chi connectivity index (χ2v) is 6.13. The summed E-state index contributed by atoms with van der Waals surface area (Å²) in [4.78, 5) is 12.6. The summed E-state index contributed by atoms with van der Waals surface area (Å²) in [5.74, 6) is -0.275. The molecule has 0 saturated carbocycles. The van der Waals surface area contributed by atoms with Gasteiger partial charge in [-0.25, -0.2) is 4.39 Å². The van der Waals surface area contributed by atoms with Crippen LogP contribution in [-0.4, -0.2) is 12.3 Å². The van der Waals surface area contributed by atoms with Crippen LogP contribution >= 0.6 is 15.9 Å². The zero-order valence-electron chi connectivity index (χ0n) is 11.4. The van der Waals surface area contributed by atoms with Gasteiger partial charge in [0.05, 0.1) is 10.4 Å². The maximum absolute atomic E-state index is 13.2. The smallest absolute Gasteiger partial charge is 0.145 e. The van der Waals surface area contributed by atoms with Crippen LogP contribution < -0.4 is 5.32 Å². The normalized spacial score (nSPS) is 17.3. The minimum absolute atomic E-state index is 0.126. The Bertz CT molecular complexity index is 686. The van der Waals surface area contributed by atoms with Crippen LogP contribution in [0.15, 0.2) is 46.9 Å². The molecule has 0 aliphatic carbocycles. The molecule has 0 amide bonds. The summed E-state index contributed by atoms with van der Waals surface area (Å²) in [5.41, 5.74) is 3.13. The molecule has 2 aromatic rings. The molecule has 2 aromatic carbocycles. The highest BCUT2D eigenvalue weighted by molar-refractivity contribution is 9.10. The van der Waals surface area contributed by atoms with Gasteiger partial charge in [-0.1, -0.05) is 30.3 Å². The van der Waals surface area contributed by atoms with Crippen LogP contribution in [-0.2, 0) is 17.8 Å². The first kappa shape index (κ1) is 14.4. The highest BCUT2D eigenvalue weighted by Gasteiger charge is 2.25. The summed E-state index contributed by atoms with van der Waals surface area (Å²) in [6.07, 6.45) is 0.319. The number of hydrogen-bond donors (Lipinski definition) is 1. The van der Waals surface area contributed by atoms with Crippen molar-refractivity contribution >= 4 is 21.7 Å². The lowest BCUT2D eigenvalue weighted by Crippen LogP contribution is -2.33. The van der Waals surface area contributed by atoms with Crippen molar-refractivity contribution in [3.63, 3.8) is 0 Å². The average molecular weight is 348 g/mol. The monoisotopic (exact) mass is 347 g/mol. The van der Waals surface area contributed by atoms with Crippen molar-refractivity contribution in [1.29, 1.82) is 0 Å². The Morgan fingerprint density at radius 3 is 2.90 bits per heavy atom. The maximum Gasteiger partial charge on any atom is 0.145 e. The van der Waals surface area contributed by atoms with Crippen molar-refractivity contribution in [3.05, 3.63) is 69.4 Å². The van der Waals surface area contributed by atoms with E-state index in [1.807, 2.05) is 18.2 Å². The summed E-state index contributed by atoms with van der Waals surface area (Å²) in [6, 6.07) is 12.8. The fourth-order valence-corrected chi connectivity index (χ4v) is 3.18. The Hall–Kier alpha value is -1.52. The van der Waals surface area contributed by atoms with E-state index in [-0.39, 0.29) is 17.5 Å². The van der Waals surface area contributed by atoms with Crippen molar-refractivity contribution < 1.29 is 9.18 Å². The minimum Gasteiger partial charge on any atom is -0.312 e. The third kappa shape index (κ3) is 3.06. The lowest BCUT2D eigenvalue weighted by atomic mass is 9.85. The Kier molecular flexibility index (Phi) is 4.17. The molecule has 1 N–H and O–H groups in total. The molecule has 1 heterocycles. The zero-order chi connectivity index (χ0) is 14.8. The first-order chi connectivity index (χ1) is 10.1. The Morgan fingerprint density at radius 2 is 2.10 bits per heavy atom. The van der Waals surface area contributed by atoms with E-state index < -0.39 is 0 Å². The van der Waals surface area contributed by atoms with Crippen molar-refractivity contribution in [2.75, 3.05) is 6.54 Å². The number of nitrogens with one attached hydrogen (secondary N) is 1. The number of carbonyl (C=O) groups excluding carboxylic acids is 1. The SMILES string of the molecule is O=C(Cc1ccc(F)c(Br)c1)C1CNCc2ccccc21. The van der Waals surface area contributed by atoms with Crippen LogP contribution in [0.3, 0.4) is 0 Å². The van der Waals surface area contributed by atoms with E-state index in [1.165, 1.54) is 11.6 Å². The molecule has 21 heavy (non-hydrogen) atoms. The number of halogens is 2. The Balaban J connectivity index is 1.81. The summed E-state index contributed by atoms with van der Waals surface area (Å²) in [6.45, 7) is 1.47. The molecule has 1 aliphatic heterocycles. The van der Waals surface area contributed by atoms with E-state index in [9.17, 15) is 9.18 Å². The number of Topliss-reactive ketones (excluding diaryl/α,β-unsaturated/α-hetero) is 1. The van der Waals surface area contributed by atoms with E-state index in [4.69, 9.17) is 0 Å². The first-order valence-corrected chi connectivity index (χ1v) is 7.69. The molecule has 0 fully saturated rings. The molecule has 1 unspecified atom stereocenters. The molecule has 0 saturated heterocycles. The number of benzene rings is 2. The fourth-order valence-electron chi connectivity index (χ4n) is 2.76. The van der Waals surface area contributed by atoms with Crippen LogP contribution in [0.2, 0.25) is 0 Å². The molecule has 0 spiro atoms. The van der Waals surface area contributed by atoms with Gasteiger partial charge in [0.2, 0.25) is 0 Å². The van der Waals surface area contributed by atoms with Crippen molar-refractivity contribution in [2.45, 2.75) is 18.9 Å². The van der Waals surface area contributed by atoms with E-state index in [2.05, 4.69) is 27.3 Å². The first-order valence-electron chi connectivity index (χ1n) is 6.90. The standard InChI is InChI=1S/C17H15BrFNO/c18-15-7-11(5-6-16(15)19)8-17(21)14-10-20-9-12-3-1-2-4-13(12)14/h1-7,14,20H,8-10H2. The molecule has 1 atom stereocenters. The molecule has 0 bridgehead atoms. The third-order valence-corrected chi connectivity index (χ3v) is 4.45. The van der Waals surface area contributed by atoms with Crippen LogP contribution in [0, 0.1) is 5.82 Å². The summed E-state index contributed by atoms with van der Waals surface area (Å²) < 4.78 is 13.6. The summed E-state index contributed by atoms with van der Waals surface area (Å²) in [5, 5.41) is 3.29. The number of ketones is 1. The largest absolute Gasteiger partial charge is 0.312 e. The molecular weight excluding hydrogens is 333 g/mol. The van der Waals surface area contributed by atoms with Crippen LogP contribution in [0.1, 0.15) is 22.6 Å². The molecule has 4 heteroatoms. The number of carbonyl (C=O) groups is 1. The highest BCUT2D eigenvalue weighted by atomic mass is 79.9. The zero-order valence-corrected chi connectivity index (χ0v) is 13.0. The molecule has 1 aliphatic rings. The summed E-state index contributed by atoms with van der Waals surface area (Å²) in [7, 11) is 0. The second kappa shape index (κ2) is 6.08. The molecule has 0 aromatic heterocycles. The van der Waals surface area contributed by atoms with E-state index >= 15 is 0 Å². The highest BCUT2D eigenvalue weighted by Crippen LogP contribution is 2.26. The number of hydrogen-bond acceptors (Lipinski definition) is 2. The van der Waals surface area contributed by atoms with Gasteiger partial charge in [-0.3, -0.25) is 4.79 Å². The predicted molar refractivity (Wildman–Crippen MR) is 83.7 cm³/mol. The topological polar surface area (TPSA) is 29.1 Å². The van der Waals surface area contributed by atoms with Crippen LogP contribution in [0.5, 0.6) is 0 Å². The van der Waals surface area contributed by atoms with Crippen molar-refractivity contribution in [2.24, 2.45) is 0 Å². The van der Waals surface area contributed by atoms with Gasteiger partial charge in [0.1, 0.15) is 11.6 Å². The summed E-state index contributed by atoms with van der Waals surface area (Å²) >= 11 is 3.16. The van der Waals surface area contributed by atoms with Gasteiger partial charge in [0, 0.05) is 19.5 Å². The van der Waals surface area contributed by atoms with Gasteiger partial charge in [0.15, 0.2) is 0 Å². The van der Waals surface area contributed by atoms with E-state index in [1.54, 1.807) is 12.1 Å². The van der Waals surface area contributed by atoms with Gasteiger partial charge < -0.3 is 5.32 Å². The molecule has 108 valence electrons. The molecular formula is C17H15BrFNO. The van der Waals surface area contributed by atoms with Gasteiger partial charge >= 0.3 is 0 Å². The fraction of sp³-hybridized carbons (Fsp3) is 0.235. The van der Waals surface area contributed by atoms with Gasteiger partial charge in [-0.05, 0) is 44.8 Å². The van der Waals surface area contributed by atoms with Gasteiger partial charge in [0.25, 0.3) is 0 Å². The second-order valence-electron chi connectivity index (χ2n) is 5.27. The van der Waals surface area contributed by atoms with Crippen molar-refractivity contribution in [1.82, 2.24) is 5.32 Å². The van der Waals surface area contributed by atoms with Crippen molar-refractivity contribution in [3.8, 4) is 0 Å². The average Bonchev–Trinajstić information content (AvgIpc) is 2.50. The van der Waals surface area contributed by atoms with Crippen LogP contribution in [0.4, 0.5) is 4.39 Å². The van der Waals surface area contributed by atoms with Gasteiger partial charge in [-0.15, -0.1) is 0 Å². The molecule has 3 rings (SSSR count). The lowest BCUT2D eigenvalue weighted by molar-refractivity contribution is -0.119. The maximum atomic E-state index is 13.2. The minimum atomic E-state index is -0.309. The number of rotatable bonds is 3. The van der Waals surface area contributed by atoms with Gasteiger partial charge in [-0.2, -0.15) is 0 Å². The number of fused-ring (bicyclic) bond motifs is 1. The Morgan fingerprint density at radius 1 is 1.29 bits per heavy atom. The van der Waals surface area contributed by atoms with E-state index in [0.29, 0.717) is 17.4 Å². The molecule has 2 nitrogen and oxygen atoms in total. The lowest BCUT2D eigenvalue weighted by Gasteiger charge is -2.25. The molecule has 0 radical (unpaired) electrons. The quantitative estimate of drug-likeness (QED) is 0.919. The van der Waals surface area contributed by atoms with Crippen LogP contribution in [0.25, 0.3) is 0 Å². The third-order valence-electron chi connectivity index (χ3n) is 3.85. The van der Waals surface area contributed by atoms with E-state index in [0.717, 1.165) is 17.7 Å². The predicted octanol–water partition coefficient (Wildman–Crippen LogP) is 3.59. The Labute approximate surface area is 131 Å².